The smallest absolute Gasteiger partial charge is 0.195 e. The third kappa shape index (κ3) is 0.954. The van der Waals surface area contributed by atoms with E-state index in [9.17, 15) is 4.79 Å². The molecule has 3 heteroatoms. The van der Waals surface area contributed by atoms with Gasteiger partial charge in [0.15, 0.2) is 5.78 Å². The van der Waals surface area contributed by atoms with E-state index in [1.807, 2.05) is 0 Å². The SMILES string of the molecule is O=C1CN=CC=C1Cl. The van der Waals surface area contributed by atoms with Crippen molar-refractivity contribution in [1.82, 2.24) is 0 Å². The van der Waals surface area contributed by atoms with Gasteiger partial charge in [-0.25, -0.2) is 0 Å². The van der Waals surface area contributed by atoms with E-state index in [-0.39, 0.29) is 17.4 Å². The van der Waals surface area contributed by atoms with Gasteiger partial charge in [0.1, 0.15) is 6.54 Å². The molecule has 0 radical (unpaired) electrons. The van der Waals surface area contributed by atoms with Crippen LogP contribution in [0.3, 0.4) is 0 Å². The van der Waals surface area contributed by atoms with E-state index in [2.05, 4.69) is 4.99 Å². The summed E-state index contributed by atoms with van der Waals surface area (Å²) in [4.78, 5) is 14.2. The summed E-state index contributed by atoms with van der Waals surface area (Å²) in [6.45, 7) is 0.204. The highest BCUT2D eigenvalue weighted by Crippen LogP contribution is 2.04. The number of dihydropyridines is 1. The molecule has 0 aromatic rings. The van der Waals surface area contributed by atoms with Crippen molar-refractivity contribution in [3.05, 3.63) is 11.1 Å². The van der Waals surface area contributed by atoms with E-state index in [4.69, 9.17) is 11.6 Å². The van der Waals surface area contributed by atoms with Gasteiger partial charge >= 0.3 is 0 Å². The van der Waals surface area contributed by atoms with Crippen LogP contribution in [-0.2, 0) is 4.79 Å². The molecule has 0 aliphatic carbocycles. The maximum absolute atomic E-state index is 10.5. The maximum Gasteiger partial charge on any atom is 0.195 e. The Balaban J connectivity index is 2.80. The first kappa shape index (κ1) is 5.51. The molecule has 1 heterocycles. The summed E-state index contributed by atoms with van der Waals surface area (Å²) in [6.07, 6.45) is 3.02. The number of rotatable bonds is 0. The molecule has 1 rings (SSSR count). The van der Waals surface area contributed by atoms with Crippen LogP contribution >= 0.6 is 11.6 Å². The van der Waals surface area contributed by atoms with Crippen molar-refractivity contribution in [3.63, 3.8) is 0 Å². The Morgan fingerprint density at radius 3 is 2.88 bits per heavy atom. The number of hydrogen-bond donors (Lipinski definition) is 0. The van der Waals surface area contributed by atoms with Gasteiger partial charge in [-0.2, -0.15) is 0 Å². The lowest BCUT2D eigenvalue weighted by Crippen LogP contribution is -2.05. The van der Waals surface area contributed by atoms with Gasteiger partial charge in [-0.3, -0.25) is 9.79 Å². The molecule has 0 spiro atoms. The monoisotopic (exact) mass is 129 g/mol. The van der Waals surface area contributed by atoms with Crippen LogP contribution in [0.5, 0.6) is 0 Å². The quantitative estimate of drug-likeness (QED) is 0.475. The second kappa shape index (κ2) is 2.09. The zero-order valence-corrected chi connectivity index (χ0v) is 4.85. The Hall–Kier alpha value is -0.630. The summed E-state index contributed by atoms with van der Waals surface area (Å²) in [5, 5.41) is 0.278. The van der Waals surface area contributed by atoms with Crippen LogP contribution in [0.25, 0.3) is 0 Å². The average molecular weight is 130 g/mol. The summed E-state index contributed by atoms with van der Waals surface area (Å²) in [6, 6.07) is 0. The van der Waals surface area contributed by atoms with Gasteiger partial charge < -0.3 is 0 Å². The minimum atomic E-state index is -0.103. The lowest BCUT2D eigenvalue weighted by molar-refractivity contribution is -0.113. The molecule has 0 aromatic carbocycles. The molecule has 0 bridgehead atoms. The number of nitrogens with zero attached hydrogens (tertiary/aromatic N) is 1. The lowest BCUT2D eigenvalue weighted by Gasteiger charge is -1.95. The Labute approximate surface area is 51.9 Å². The largest absolute Gasteiger partial charge is 0.291 e. The van der Waals surface area contributed by atoms with Crippen molar-refractivity contribution in [2.45, 2.75) is 0 Å². The van der Waals surface area contributed by atoms with E-state index in [1.165, 1.54) is 12.3 Å². The Kier molecular flexibility index (Phi) is 1.44. The van der Waals surface area contributed by atoms with Crippen molar-refractivity contribution in [2.24, 2.45) is 4.99 Å². The molecule has 1 aliphatic heterocycles. The van der Waals surface area contributed by atoms with Gasteiger partial charge in [-0.1, -0.05) is 11.6 Å². The first-order valence-corrected chi connectivity index (χ1v) is 2.57. The molecule has 0 atom stereocenters. The van der Waals surface area contributed by atoms with E-state index in [0.29, 0.717) is 0 Å². The molecule has 0 saturated carbocycles. The molecule has 42 valence electrons. The molecule has 0 fully saturated rings. The summed E-state index contributed by atoms with van der Waals surface area (Å²) in [5.41, 5.74) is 0. The van der Waals surface area contributed by atoms with Crippen molar-refractivity contribution in [2.75, 3.05) is 6.54 Å². The minimum Gasteiger partial charge on any atom is -0.291 e. The topological polar surface area (TPSA) is 29.4 Å². The molecule has 0 N–H and O–H groups in total. The third-order valence-corrected chi connectivity index (χ3v) is 1.16. The molecule has 0 aromatic heterocycles. The number of aliphatic imine (C=N–C) groups is 1. The van der Waals surface area contributed by atoms with E-state index in [1.54, 1.807) is 0 Å². The minimum absolute atomic E-state index is 0.103. The number of halogens is 1. The highest BCUT2D eigenvalue weighted by atomic mass is 35.5. The van der Waals surface area contributed by atoms with Crippen molar-refractivity contribution in [1.29, 1.82) is 0 Å². The first-order chi connectivity index (χ1) is 3.80. The zero-order chi connectivity index (χ0) is 5.98. The highest BCUT2D eigenvalue weighted by molar-refractivity contribution is 6.44. The van der Waals surface area contributed by atoms with Crippen LogP contribution < -0.4 is 0 Å². The lowest BCUT2D eigenvalue weighted by atomic mass is 10.3. The fourth-order valence-electron chi connectivity index (χ4n) is 0.422. The summed E-state index contributed by atoms with van der Waals surface area (Å²) in [7, 11) is 0. The Bertz CT molecular complexity index is 171. The second-order valence-electron chi connectivity index (χ2n) is 1.43. The molecule has 0 saturated heterocycles. The van der Waals surface area contributed by atoms with Gasteiger partial charge in [0.05, 0.1) is 5.03 Å². The zero-order valence-electron chi connectivity index (χ0n) is 4.10. The van der Waals surface area contributed by atoms with Gasteiger partial charge in [0, 0.05) is 6.21 Å². The standard InChI is InChI=1S/C5H4ClNO/c6-4-1-2-7-3-5(4)8/h1-2H,3H2. The Morgan fingerprint density at radius 1 is 1.75 bits per heavy atom. The van der Waals surface area contributed by atoms with E-state index >= 15 is 0 Å². The molecule has 8 heavy (non-hydrogen) atoms. The molecular weight excluding hydrogens is 126 g/mol. The van der Waals surface area contributed by atoms with Crippen molar-refractivity contribution >= 4 is 23.6 Å². The highest BCUT2D eigenvalue weighted by Gasteiger charge is 2.06. The van der Waals surface area contributed by atoms with Crippen LogP contribution in [0.15, 0.2) is 16.1 Å². The fourth-order valence-corrected chi connectivity index (χ4v) is 0.538. The number of ketones is 1. The molecular formula is C5H4ClNO. The van der Waals surface area contributed by atoms with E-state index < -0.39 is 0 Å². The van der Waals surface area contributed by atoms with Crippen LogP contribution in [0.2, 0.25) is 0 Å². The number of carbonyl (C=O) groups is 1. The number of hydrogen-bond acceptors (Lipinski definition) is 2. The number of allylic oxidation sites excluding steroid dienone is 1. The van der Waals surface area contributed by atoms with Gasteiger partial charge in [0.2, 0.25) is 0 Å². The average Bonchev–Trinajstić information content (AvgIpc) is 1.77. The molecule has 0 amide bonds. The normalized spacial score (nSPS) is 18.6. The first-order valence-electron chi connectivity index (χ1n) is 2.19. The predicted molar refractivity (Wildman–Crippen MR) is 32.3 cm³/mol. The molecule has 2 nitrogen and oxygen atoms in total. The second-order valence-corrected chi connectivity index (χ2v) is 1.83. The van der Waals surface area contributed by atoms with Crippen LogP contribution in [0, 0.1) is 0 Å². The summed E-state index contributed by atoms with van der Waals surface area (Å²) >= 11 is 5.39. The van der Waals surface area contributed by atoms with Gasteiger partial charge in [-0.05, 0) is 6.08 Å². The predicted octanol–water partition coefficient (Wildman–Crippen LogP) is 0.763. The number of carbonyl (C=O) groups excluding carboxylic acids is 1. The van der Waals surface area contributed by atoms with Crippen LogP contribution in [0.1, 0.15) is 0 Å². The maximum atomic E-state index is 10.5. The molecule has 0 unspecified atom stereocenters. The summed E-state index contributed by atoms with van der Waals surface area (Å²) in [5.74, 6) is -0.103. The van der Waals surface area contributed by atoms with Gasteiger partial charge in [0.25, 0.3) is 0 Å². The van der Waals surface area contributed by atoms with Crippen LogP contribution in [0.4, 0.5) is 0 Å². The van der Waals surface area contributed by atoms with Crippen molar-refractivity contribution < 1.29 is 4.79 Å². The molecule has 1 aliphatic rings. The summed E-state index contributed by atoms with van der Waals surface area (Å²) < 4.78 is 0. The number of Topliss-reactive ketones (excluding diaryl/α,β-unsaturated/α-hetero) is 1. The third-order valence-electron chi connectivity index (χ3n) is 0.828. The van der Waals surface area contributed by atoms with Crippen LogP contribution in [-0.4, -0.2) is 18.5 Å². The van der Waals surface area contributed by atoms with Gasteiger partial charge in [-0.15, -0.1) is 0 Å². The van der Waals surface area contributed by atoms with Crippen molar-refractivity contribution in [3.8, 4) is 0 Å². The fraction of sp³-hybridized carbons (Fsp3) is 0.200. The van der Waals surface area contributed by atoms with E-state index in [0.717, 1.165) is 0 Å². The Morgan fingerprint density at radius 2 is 2.50 bits per heavy atom.